The van der Waals surface area contributed by atoms with Crippen LogP contribution in [-0.4, -0.2) is 6.61 Å². The van der Waals surface area contributed by atoms with Crippen LogP contribution in [0.5, 0.6) is 5.75 Å². The Morgan fingerprint density at radius 3 is 2.88 bits per heavy atom. The standard InChI is InChI=1S/C16H21O/c1-3-5-6-7-8-9-12-15-13-10-11-14-16(15)17-4-2/h10,13-14H,3-8H2,1-2H3. The fourth-order valence-electron chi connectivity index (χ4n) is 1.59. The Kier molecular flexibility index (Phi) is 6.98. The minimum atomic E-state index is 0.670. The quantitative estimate of drug-likeness (QED) is 0.524. The highest BCUT2D eigenvalue weighted by atomic mass is 16.5. The van der Waals surface area contributed by atoms with Crippen molar-refractivity contribution in [2.75, 3.05) is 6.61 Å². The molecular weight excluding hydrogens is 208 g/mol. The van der Waals surface area contributed by atoms with E-state index in [9.17, 15) is 0 Å². The van der Waals surface area contributed by atoms with Gasteiger partial charge in [0.1, 0.15) is 5.75 Å². The molecule has 0 aliphatic carbocycles. The maximum atomic E-state index is 5.50. The fraction of sp³-hybridized carbons (Fsp3) is 0.500. The first kappa shape index (κ1) is 13.6. The lowest BCUT2D eigenvalue weighted by atomic mass is 10.1. The predicted molar refractivity (Wildman–Crippen MR) is 72.1 cm³/mol. The topological polar surface area (TPSA) is 9.23 Å². The van der Waals surface area contributed by atoms with E-state index < -0.39 is 0 Å². The van der Waals surface area contributed by atoms with Crippen molar-refractivity contribution in [1.82, 2.24) is 0 Å². The van der Waals surface area contributed by atoms with Crippen molar-refractivity contribution in [3.63, 3.8) is 0 Å². The summed E-state index contributed by atoms with van der Waals surface area (Å²) < 4.78 is 5.50. The van der Waals surface area contributed by atoms with Gasteiger partial charge in [-0.15, -0.1) is 0 Å². The molecule has 1 aromatic rings. The Morgan fingerprint density at radius 2 is 2.12 bits per heavy atom. The summed E-state index contributed by atoms with van der Waals surface area (Å²) in [5.74, 6) is 7.24. The molecule has 91 valence electrons. The van der Waals surface area contributed by atoms with Crippen LogP contribution in [0, 0.1) is 17.9 Å². The Hall–Kier alpha value is -1.42. The average Bonchev–Trinajstić information content (AvgIpc) is 2.36. The van der Waals surface area contributed by atoms with E-state index in [0.29, 0.717) is 6.61 Å². The molecular formula is C16H21O. The largest absolute Gasteiger partial charge is 0.493 e. The molecule has 0 saturated heterocycles. The number of rotatable bonds is 6. The molecule has 0 heterocycles. The lowest BCUT2D eigenvalue weighted by Gasteiger charge is -2.04. The first-order chi connectivity index (χ1) is 8.38. The van der Waals surface area contributed by atoms with E-state index >= 15 is 0 Å². The van der Waals surface area contributed by atoms with Gasteiger partial charge in [0.25, 0.3) is 0 Å². The van der Waals surface area contributed by atoms with E-state index in [0.717, 1.165) is 17.7 Å². The number of hydrogen-bond donors (Lipinski definition) is 0. The van der Waals surface area contributed by atoms with Crippen molar-refractivity contribution >= 4 is 0 Å². The second kappa shape index (κ2) is 8.70. The molecule has 0 atom stereocenters. The summed E-state index contributed by atoms with van der Waals surface area (Å²) in [6.45, 7) is 4.87. The van der Waals surface area contributed by atoms with E-state index in [2.05, 4.69) is 24.8 Å². The smallest absolute Gasteiger partial charge is 0.135 e. The Bertz CT molecular complexity index is 371. The maximum absolute atomic E-state index is 5.50. The lowest BCUT2D eigenvalue weighted by Crippen LogP contribution is -1.93. The number of ether oxygens (including phenoxy) is 1. The molecule has 1 nitrogen and oxygen atoms in total. The number of benzene rings is 1. The molecule has 0 bridgehead atoms. The van der Waals surface area contributed by atoms with E-state index in [1.165, 1.54) is 25.7 Å². The van der Waals surface area contributed by atoms with Gasteiger partial charge in [-0.25, -0.2) is 0 Å². The average molecular weight is 229 g/mol. The first-order valence-electron chi connectivity index (χ1n) is 6.50. The molecule has 0 aliphatic heterocycles. The summed E-state index contributed by atoms with van der Waals surface area (Å²) in [6, 6.07) is 8.70. The van der Waals surface area contributed by atoms with Gasteiger partial charge in [0, 0.05) is 6.42 Å². The maximum Gasteiger partial charge on any atom is 0.135 e. The summed E-state index contributed by atoms with van der Waals surface area (Å²) in [6.07, 6.45) is 6.04. The normalized spacial score (nSPS) is 9.53. The molecule has 0 unspecified atom stereocenters. The second-order valence-electron chi connectivity index (χ2n) is 3.97. The van der Waals surface area contributed by atoms with Gasteiger partial charge in [-0.1, -0.05) is 44.1 Å². The van der Waals surface area contributed by atoms with Crippen molar-refractivity contribution in [2.45, 2.75) is 46.0 Å². The van der Waals surface area contributed by atoms with Crippen LogP contribution in [-0.2, 0) is 0 Å². The number of unbranched alkanes of at least 4 members (excludes halogenated alkanes) is 4. The zero-order valence-corrected chi connectivity index (χ0v) is 10.9. The van der Waals surface area contributed by atoms with Crippen LogP contribution in [0.3, 0.4) is 0 Å². The molecule has 0 aromatic heterocycles. The number of hydrogen-bond acceptors (Lipinski definition) is 1. The summed E-state index contributed by atoms with van der Waals surface area (Å²) in [4.78, 5) is 0. The monoisotopic (exact) mass is 229 g/mol. The van der Waals surface area contributed by atoms with Crippen LogP contribution >= 0.6 is 0 Å². The zero-order valence-electron chi connectivity index (χ0n) is 10.9. The molecule has 0 N–H and O–H groups in total. The molecule has 1 aromatic carbocycles. The van der Waals surface area contributed by atoms with Crippen molar-refractivity contribution in [3.05, 3.63) is 29.8 Å². The van der Waals surface area contributed by atoms with Gasteiger partial charge >= 0.3 is 0 Å². The first-order valence-corrected chi connectivity index (χ1v) is 6.50. The Balaban J connectivity index is 2.47. The van der Waals surface area contributed by atoms with Crippen molar-refractivity contribution in [3.8, 4) is 17.6 Å². The second-order valence-corrected chi connectivity index (χ2v) is 3.97. The van der Waals surface area contributed by atoms with Gasteiger partial charge in [-0.3, -0.25) is 0 Å². The lowest BCUT2D eigenvalue weighted by molar-refractivity contribution is 0.339. The molecule has 1 rings (SSSR count). The van der Waals surface area contributed by atoms with Gasteiger partial charge < -0.3 is 4.74 Å². The van der Waals surface area contributed by atoms with Crippen LogP contribution in [0.1, 0.15) is 51.5 Å². The van der Waals surface area contributed by atoms with Gasteiger partial charge in [0.05, 0.1) is 12.2 Å². The third kappa shape index (κ3) is 5.45. The SMILES string of the molecule is CCCCCCC#Cc1cc[c]cc1OCC. The molecule has 0 spiro atoms. The van der Waals surface area contributed by atoms with Crippen LogP contribution in [0.4, 0.5) is 0 Å². The molecule has 0 amide bonds. The van der Waals surface area contributed by atoms with Gasteiger partial charge in [-0.05, 0) is 31.5 Å². The molecule has 0 saturated carbocycles. The zero-order chi connectivity index (χ0) is 12.3. The van der Waals surface area contributed by atoms with Crippen LogP contribution in [0.25, 0.3) is 0 Å². The van der Waals surface area contributed by atoms with Crippen molar-refractivity contribution in [2.24, 2.45) is 0 Å². The van der Waals surface area contributed by atoms with E-state index in [1.807, 2.05) is 25.1 Å². The van der Waals surface area contributed by atoms with Crippen LogP contribution < -0.4 is 4.74 Å². The highest BCUT2D eigenvalue weighted by Gasteiger charge is 1.97. The minimum Gasteiger partial charge on any atom is -0.493 e. The highest BCUT2D eigenvalue weighted by Crippen LogP contribution is 2.16. The van der Waals surface area contributed by atoms with Gasteiger partial charge in [0.2, 0.25) is 0 Å². The molecule has 1 radical (unpaired) electrons. The van der Waals surface area contributed by atoms with Crippen molar-refractivity contribution in [1.29, 1.82) is 0 Å². The molecule has 17 heavy (non-hydrogen) atoms. The van der Waals surface area contributed by atoms with Gasteiger partial charge in [-0.2, -0.15) is 0 Å². The Labute approximate surface area is 105 Å². The third-order valence-corrected chi connectivity index (χ3v) is 2.50. The van der Waals surface area contributed by atoms with E-state index in [1.54, 1.807) is 0 Å². The molecule has 0 aliphatic rings. The fourth-order valence-corrected chi connectivity index (χ4v) is 1.59. The highest BCUT2D eigenvalue weighted by molar-refractivity contribution is 5.45. The summed E-state index contributed by atoms with van der Waals surface area (Å²) in [5, 5.41) is 0. The van der Waals surface area contributed by atoms with Gasteiger partial charge in [0.15, 0.2) is 0 Å². The van der Waals surface area contributed by atoms with Crippen molar-refractivity contribution < 1.29 is 4.74 Å². The molecule has 1 heteroatoms. The van der Waals surface area contributed by atoms with E-state index in [4.69, 9.17) is 4.74 Å². The third-order valence-electron chi connectivity index (χ3n) is 2.50. The molecule has 0 fully saturated rings. The van der Waals surface area contributed by atoms with Crippen LogP contribution in [0.15, 0.2) is 18.2 Å². The van der Waals surface area contributed by atoms with Crippen LogP contribution in [0.2, 0.25) is 0 Å². The predicted octanol–water partition coefficient (Wildman–Crippen LogP) is 4.21. The van der Waals surface area contributed by atoms with E-state index in [-0.39, 0.29) is 0 Å². The minimum absolute atomic E-state index is 0.670. The Morgan fingerprint density at radius 1 is 1.24 bits per heavy atom. The summed E-state index contributed by atoms with van der Waals surface area (Å²) in [5.41, 5.74) is 0.973. The summed E-state index contributed by atoms with van der Waals surface area (Å²) in [7, 11) is 0. The summed E-state index contributed by atoms with van der Waals surface area (Å²) >= 11 is 0.